The van der Waals surface area contributed by atoms with Crippen LogP contribution in [0.25, 0.3) is 11.1 Å². The minimum absolute atomic E-state index is 0.0397. The highest BCUT2D eigenvalue weighted by Crippen LogP contribution is 2.44. The van der Waals surface area contributed by atoms with E-state index in [4.69, 9.17) is 9.84 Å². The van der Waals surface area contributed by atoms with E-state index in [2.05, 4.69) is 29.6 Å². The number of carbonyl (C=O) groups excluding carboxylic acids is 2. The number of nitrogens with zero attached hydrogens (tertiary/aromatic N) is 1. The lowest BCUT2D eigenvalue weighted by Crippen LogP contribution is -2.43. The van der Waals surface area contributed by atoms with Crippen molar-refractivity contribution in [3.8, 4) is 11.1 Å². The largest absolute Gasteiger partial charge is 0.480 e. The summed E-state index contributed by atoms with van der Waals surface area (Å²) in [5.41, 5.74) is 4.58. The van der Waals surface area contributed by atoms with Crippen LogP contribution in [-0.2, 0) is 14.3 Å². The molecule has 2 N–H and O–H groups in total. The zero-order valence-electron chi connectivity index (χ0n) is 20.1. The van der Waals surface area contributed by atoms with E-state index < -0.39 is 18.1 Å². The number of carboxylic acids is 1. The van der Waals surface area contributed by atoms with Gasteiger partial charge in [0.1, 0.15) is 13.2 Å². The molecular formula is C27H34N2O5. The highest BCUT2D eigenvalue weighted by atomic mass is 16.5. The third kappa shape index (κ3) is 6.37. The fourth-order valence-electron chi connectivity index (χ4n) is 4.58. The van der Waals surface area contributed by atoms with Crippen LogP contribution in [0, 0.1) is 5.92 Å². The first-order valence-electron chi connectivity index (χ1n) is 11.9. The maximum atomic E-state index is 12.8. The van der Waals surface area contributed by atoms with Crippen molar-refractivity contribution in [3.05, 3.63) is 59.7 Å². The molecule has 0 bridgehead atoms. The predicted octanol–water partition coefficient (Wildman–Crippen LogP) is 4.65. The van der Waals surface area contributed by atoms with Crippen molar-refractivity contribution in [1.29, 1.82) is 0 Å². The van der Waals surface area contributed by atoms with Crippen molar-refractivity contribution in [2.75, 3.05) is 19.7 Å². The molecule has 34 heavy (non-hydrogen) atoms. The van der Waals surface area contributed by atoms with E-state index in [1.54, 1.807) is 0 Å². The molecule has 0 spiro atoms. The van der Waals surface area contributed by atoms with Gasteiger partial charge in [-0.2, -0.15) is 0 Å². The lowest BCUT2D eigenvalue weighted by atomic mass is 9.98. The summed E-state index contributed by atoms with van der Waals surface area (Å²) in [7, 11) is 0. The van der Waals surface area contributed by atoms with Crippen molar-refractivity contribution in [2.45, 2.75) is 52.0 Å². The van der Waals surface area contributed by atoms with Crippen LogP contribution in [0.1, 0.15) is 57.1 Å². The second-order valence-corrected chi connectivity index (χ2v) is 9.22. The Morgan fingerprint density at radius 2 is 1.62 bits per heavy atom. The van der Waals surface area contributed by atoms with Crippen LogP contribution < -0.4 is 5.32 Å². The van der Waals surface area contributed by atoms with Crippen LogP contribution in [0.2, 0.25) is 0 Å². The molecule has 7 heteroatoms. The molecule has 0 aromatic heterocycles. The number of hydrogen-bond donors (Lipinski definition) is 2. The Hall–Kier alpha value is -3.35. The number of aliphatic carboxylic acids is 1. The number of fused-ring (bicyclic) bond motifs is 3. The van der Waals surface area contributed by atoms with Gasteiger partial charge in [0.25, 0.3) is 0 Å². The van der Waals surface area contributed by atoms with Crippen molar-refractivity contribution < 1.29 is 24.2 Å². The normalized spacial score (nSPS) is 13.2. The number of ether oxygens (including phenoxy) is 1. The zero-order chi connectivity index (χ0) is 24.7. The van der Waals surface area contributed by atoms with Crippen molar-refractivity contribution in [2.24, 2.45) is 5.92 Å². The number of benzene rings is 2. The smallest absolute Gasteiger partial charge is 0.407 e. The van der Waals surface area contributed by atoms with Gasteiger partial charge in [-0.05, 0) is 34.6 Å². The zero-order valence-corrected chi connectivity index (χ0v) is 20.1. The minimum atomic E-state index is -1.05. The Balaban J connectivity index is 1.62. The summed E-state index contributed by atoms with van der Waals surface area (Å²) in [5, 5.41) is 12.0. The van der Waals surface area contributed by atoms with Gasteiger partial charge in [0.2, 0.25) is 5.91 Å². The molecule has 1 aliphatic rings. The van der Waals surface area contributed by atoms with E-state index in [9.17, 15) is 14.4 Å². The number of hydrogen-bond acceptors (Lipinski definition) is 4. The monoisotopic (exact) mass is 466 g/mol. The average Bonchev–Trinajstić information content (AvgIpc) is 3.10. The molecule has 2 amide bonds. The molecule has 3 rings (SSSR count). The van der Waals surface area contributed by atoms with Crippen LogP contribution in [0.4, 0.5) is 4.79 Å². The molecule has 182 valence electrons. The van der Waals surface area contributed by atoms with Crippen LogP contribution in [0.3, 0.4) is 0 Å². The molecule has 0 aliphatic heterocycles. The van der Waals surface area contributed by atoms with Gasteiger partial charge in [-0.1, -0.05) is 75.7 Å². The van der Waals surface area contributed by atoms with E-state index in [1.165, 1.54) is 4.90 Å². The molecule has 0 radical (unpaired) electrons. The molecule has 7 nitrogen and oxygen atoms in total. The summed E-state index contributed by atoms with van der Waals surface area (Å²) in [6, 6.07) is 15.8. The van der Waals surface area contributed by atoms with Gasteiger partial charge in [0.15, 0.2) is 0 Å². The molecule has 0 fully saturated rings. The molecule has 1 aliphatic carbocycles. The predicted molar refractivity (Wildman–Crippen MR) is 131 cm³/mol. The molecule has 2 aromatic carbocycles. The molecule has 0 heterocycles. The molecular weight excluding hydrogens is 432 g/mol. The summed E-state index contributed by atoms with van der Waals surface area (Å²) in [5.74, 6) is -1.23. The Morgan fingerprint density at radius 1 is 1.03 bits per heavy atom. The molecule has 1 unspecified atom stereocenters. The lowest BCUT2D eigenvalue weighted by Gasteiger charge is -2.26. The van der Waals surface area contributed by atoms with Crippen molar-refractivity contribution in [3.63, 3.8) is 0 Å². The van der Waals surface area contributed by atoms with Gasteiger partial charge in [-0.25, -0.2) is 4.79 Å². The van der Waals surface area contributed by atoms with Gasteiger partial charge < -0.3 is 20.1 Å². The first-order valence-corrected chi connectivity index (χ1v) is 11.9. The van der Waals surface area contributed by atoms with E-state index in [0.717, 1.165) is 28.7 Å². The maximum absolute atomic E-state index is 12.8. The maximum Gasteiger partial charge on any atom is 0.407 e. The third-order valence-electron chi connectivity index (χ3n) is 5.99. The topological polar surface area (TPSA) is 95.9 Å². The number of nitrogens with one attached hydrogen (secondary N) is 1. The van der Waals surface area contributed by atoms with E-state index >= 15 is 0 Å². The SMILES string of the molecule is CCCC(CC(=O)N(CC(=O)O)CC(C)C)NC(=O)OCC1c2ccccc2-c2ccccc21. The van der Waals surface area contributed by atoms with Crippen molar-refractivity contribution >= 4 is 18.0 Å². The minimum Gasteiger partial charge on any atom is -0.480 e. The lowest BCUT2D eigenvalue weighted by molar-refractivity contribution is -0.145. The second-order valence-electron chi connectivity index (χ2n) is 9.22. The number of rotatable bonds is 11. The fraction of sp³-hybridized carbons (Fsp3) is 0.444. The first kappa shape index (κ1) is 25.3. The van der Waals surface area contributed by atoms with Gasteiger partial charge in [0.05, 0.1) is 0 Å². The van der Waals surface area contributed by atoms with E-state index in [-0.39, 0.29) is 37.3 Å². The summed E-state index contributed by atoms with van der Waals surface area (Å²) in [4.78, 5) is 38.0. The Labute approximate surface area is 201 Å². The van der Waals surface area contributed by atoms with Crippen LogP contribution in [0.15, 0.2) is 48.5 Å². The van der Waals surface area contributed by atoms with Crippen LogP contribution in [-0.4, -0.2) is 53.7 Å². The molecule has 0 saturated carbocycles. The highest BCUT2D eigenvalue weighted by molar-refractivity contribution is 5.82. The summed E-state index contributed by atoms with van der Waals surface area (Å²) < 4.78 is 5.62. The fourth-order valence-corrected chi connectivity index (χ4v) is 4.58. The molecule has 1 atom stereocenters. The van der Waals surface area contributed by atoms with Crippen LogP contribution >= 0.6 is 0 Å². The molecule has 0 saturated heterocycles. The Morgan fingerprint density at radius 3 is 2.15 bits per heavy atom. The Kier molecular flexibility index (Phi) is 8.68. The average molecular weight is 467 g/mol. The number of alkyl carbamates (subject to hydrolysis) is 1. The third-order valence-corrected chi connectivity index (χ3v) is 5.99. The Bertz CT molecular complexity index is 974. The van der Waals surface area contributed by atoms with Gasteiger partial charge >= 0.3 is 12.1 Å². The van der Waals surface area contributed by atoms with E-state index in [0.29, 0.717) is 13.0 Å². The van der Waals surface area contributed by atoms with Gasteiger partial charge in [-0.15, -0.1) is 0 Å². The van der Waals surface area contributed by atoms with Gasteiger partial charge in [-0.3, -0.25) is 9.59 Å². The summed E-state index contributed by atoms with van der Waals surface area (Å²) in [6.45, 7) is 6.04. The first-order chi connectivity index (χ1) is 16.3. The standard InChI is InChI=1S/C27H34N2O5/c1-4-9-19(14-25(30)29(15-18(2)3)16-26(31)32)28-27(33)34-17-24-22-12-7-5-10-20(22)21-11-6-8-13-23(21)24/h5-8,10-13,18-19,24H,4,9,14-17H2,1-3H3,(H,28,33)(H,31,32). The second kappa shape index (κ2) is 11.7. The highest BCUT2D eigenvalue weighted by Gasteiger charge is 2.29. The van der Waals surface area contributed by atoms with Gasteiger partial charge in [0, 0.05) is 24.9 Å². The number of carboxylic acid groups (broad SMARTS) is 1. The molecule has 2 aromatic rings. The summed E-state index contributed by atoms with van der Waals surface area (Å²) in [6.07, 6.45) is 0.836. The van der Waals surface area contributed by atoms with E-state index in [1.807, 2.05) is 45.0 Å². The summed E-state index contributed by atoms with van der Waals surface area (Å²) >= 11 is 0. The quantitative estimate of drug-likeness (QED) is 0.502. The number of carbonyl (C=O) groups is 3. The van der Waals surface area contributed by atoms with Crippen LogP contribution in [0.5, 0.6) is 0 Å². The number of amides is 2. The van der Waals surface area contributed by atoms with Crippen molar-refractivity contribution in [1.82, 2.24) is 10.2 Å².